The van der Waals surface area contributed by atoms with Crippen LogP contribution in [0.1, 0.15) is 26.3 Å². The van der Waals surface area contributed by atoms with E-state index in [9.17, 15) is 9.90 Å². The fourth-order valence-corrected chi connectivity index (χ4v) is 2.60. The third-order valence-corrected chi connectivity index (χ3v) is 3.83. The highest BCUT2D eigenvalue weighted by atomic mass is 35.5. The van der Waals surface area contributed by atoms with Gasteiger partial charge in [-0.05, 0) is 44.9 Å². The molecule has 1 aliphatic rings. The molecule has 23 heavy (non-hydrogen) atoms. The number of rotatable bonds is 3. The highest BCUT2D eigenvalue weighted by Crippen LogP contribution is 2.21. The normalized spacial score (nSPS) is 22.0. The van der Waals surface area contributed by atoms with Crippen LogP contribution in [0.25, 0.3) is 0 Å². The molecule has 6 heteroatoms. The molecule has 1 aromatic rings. The smallest absolute Gasteiger partial charge is 0.410 e. The molecule has 1 N–H and O–H groups in total. The molecule has 1 heterocycles. The summed E-state index contributed by atoms with van der Waals surface area (Å²) in [5.74, 6) is 0. The lowest BCUT2D eigenvalue weighted by atomic mass is 10.0. The number of halogens is 1. The predicted octanol–water partition coefficient (Wildman–Crippen LogP) is 2.88. The Hall–Kier alpha value is -1.30. The van der Waals surface area contributed by atoms with Crippen LogP contribution in [-0.2, 0) is 15.9 Å². The molecule has 0 aromatic heterocycles. The summed E-state index contributed by atoms with van der Waals surface area (Å²) in [5.41, 5.74) is 0.508. The number of ether oxygens (including phenoxy) is 2. The minimum atomic E-state index is -0.561. The van der Waals surface area contributed by atoms with Gasteiger partial charge in [0.2, 0.25) is 0 Å². The van der Waals surface area contributed by atoms with E-state index >= 15 is 0 Å². The van der Waals surface area contributed by atoms with Crippen LogP contribution in [0.5, 0.6) is 0 Å². The molecule has 5 nitrogen and oxygen atoms in total. The van der Waals surface area contributed by atoms with Crippen molar-refractivity contribution in [1.82, 2.24) is 4.90 Å². The molecule has 128 valence electrons. The van der Waals surface area contributed by atoms with E-state index in [0.717, 1.165) is 5.56 Å². The summed E-state index contributed by atoms with van der Waals surface area (Å²) in [5, 5.41) is 9.99. The average Bonchev–Trinajstić information content (AvgIpc) is 2.48. The maximum atomic E-state index is 12.5. The lowest BCUT2D eigenvalue weighted by molar-refractivity contribution is -0.0843. The molecule has 0 saturated carbocycles. The predicted molar refractivity (Wildman–Crippen MR) is 88.7 cm³/mol. The summed E-state index contributed by atoms with van der Waals surface area (Å²) in [4.78, 5) is 14.1. The number of carbonyl (C=O) groups is 1. The number of aliphatic hydroxyl groups is 1. The van der Waals surface area contributed by atoms with Gasteiger partial charge in [0.05, 0.1) is 31.9 Å². The fraction of sp³-hybridized carbons (Fsp3) is 0.588. The summed E-state index contributed by atoms with van der Waals surface area (Å²) in [6.45, 7) is 6.08. The summed E-state index contributed by atoms with van der Waals surface area (Å²) >= 11 is 5.91. The van der Waals surface area contributed by atoms with Gasteiger partial charge < -0.3 is 14.6 Å². The topological polar surface area (TPSA) is 59.0 Å². The van der Waals surface area contributed by atoms with Crippen LogP contribution in [0.15, 0.2) is 24.3 Å². The number of morpholine rings is 1. The maximum absolute atomic E-state index is 12.5. The van der Waals surface area contributed by atoms with Gasteiger partial charge in [-0.2, -0.15) is 0 Å². The molecule has 1 amide bonds. The number of carbonyl (C=O) groups excluding carboxylic acids is 1. The van der Waals surface area contributed by atoms with Crippen LogP contribution in [0, 0.1) is 0 Å². The zero-order valence-electron chi connectivity index (χ0n) is 13.8. The molecule has 1 fully saturated rings. The summed E-state index contributed by atoms with van der Waals surface area (Å²) < 4.78 is 11.1. The molecule has 0 bridgehead atoms. The van der Waals surface area contributed by atoms with Crippen molar-refractivity contribution < 1.29 is 19.4 Å². The molecule has 2 rings (SSSR count). The molecule has 0 radical (unpaired) electrons. The number of benzene rings is 1. The highest BCUT2D eigenvalue weighted by molar-refractivity contribution is 6.30. The van der Waals surface area contributed by atoms with E-state index in [1.807, 2.05) is 45.0 Å². The van der Waals surface area contributed by atoms with Crippen LogP contribution < -0.4 is 0 Å². The first-order chi connectivity index (χ1) is 10.8. The van der Waals surface area contributed by atoms with Crippen LogP contribution in [-0.4, -0.2) is 53.6 Å². The maximum Gasteiger partial charge on any atom is 0.410 e. The van der Waals surface area contributed by atoms with Gasteiger partial charge in [0.1, 0.15) is 5.60 Å². The van der Waals surface area contributed by atoms with Gasteiger partial charge in [0, 0.05) is 5.02 Å². The van der Waals surface area contributed by atoms with Gasteiger partial charge >= 0.3 is 6.09 Å². The Labute approximate surface area is 142 Å². The van der Waals surface area contributed by atoms with Crippen molar-refractivity contribution in [2.75, 3.05) is 19.8 Å². The van der Waals surface area contributed by atoms with Gasteiger partial charge in [0.15, 0.2) is 0 Å². The molecule has 1 aromatic carbocycles. The fourth-order valence-electron chi connectivity index (χ4n) is 2.47. The minimum Gasteiger partial charge on any atom is -0.444 e. The second-order valence-corrected chi connectivity index (χ2v) is 7.19. The Kier molecular flexibility index (Phi) is 5.89. The SMILES string of the molecule is CC(C)(C)OC(=O)N1CC(CO)OCC1Cc1ccc(Cl)cc1. The quantitative estimate of drug-likeness (QED) is 0.918. The zero-order chi connectivity index (χ0) is 17.0. The second kappa shape index (κ2) is 7.51. The summed E-state index contributed by atoms with van der Waals surface area (Å²) in [7, 11) is 0. The molecule has 2 unspecified atom stereocenters. The van der Waals surface area contributed by atoms with E-state index in [1.54, 1.807) is 4.90 Å². The lowest BCUT2D eigenvalue weighted by Gasteiger charge is -2.39. The summed E-state index contributed by atoms with van der Waals surface area (Å²) in [6, 6.07) is 7.40. The monoisotopic (exact) mass is 341 g/mol. The van der Waals surface area contributed by atoms with Crippen molar-refractivity contribution in [1.29, 1.82) is 0 Å². The van der Waals surface area contributed by atoms with E-state index in [-0.39, 0.29) is 24.8 Å². The number of hydrogen-bond donors (Lipinski definition) is 1. The van der Waals surface area contributed by atoms with E-state index < -0.39 is 5.60 Å². The van der Waals surface area contributed by atoms with Crippen molar-refractivity contribution in [3.8, 4) is 0 Å². The van der Waals surface area contributed by atoms with Crippen molar-refractivity contribution >= 4 is 17.7 Å². The number of hydrogen-bond acceptors (Lipinski definition) is 4. The van der Waals surface area contributed by atoms with Crippen molar-refractivity contribution in [2.24, 2.45) is 0 Å². The average molecular weight is 342 g/mol. The van der Waals surface area contributed by atoms with Crippen LogP contribution in [0.3, 0.4) is 0 Å². The first-order valence-electron chi connectivity index (χ1n) is 7.75. The minimum absolute atomic E-state index is 0.118. The summed E-state index contributed by atoms with van der Waals surface area (Å²) in [6.07, 6.45) is -0.101. The molecule has 1 aliphatic heterocycles. The first-order valence-corrected chi connectivity index (χ1v) is 8.13. The Balaban J connectivity index is 2.11. The van der Waals surface area contributed by atoms with E-state index in [0.29, 0.717) is 24.6 Å². The molecule has 0 spiro atoms. The Bertz CT molecular complexity index is 526. The Morgan fingerprint density at radius 3 is 2.61 bits per heavy atom. The molecule has 1 saturated heterocycles. The van der Waals surface area contributed by atoms with Gasteiger partial charge in [-0.25, -0.2) is 4.79 Å². The second-order valence-electron chi connectivity index (χ2n) is 6.76. The molecule has 2 atom stereocenters. The van der Waals surface area contributed by atoms with Crippen LogP contribution >= 0.6 is 11.6 Å². The van der Waals surface area contributed by atoms with Crippen molar-refractivity contribution in [3.05, 3.63) is 34.9 Å². The van der Waals surface area contributed by atoms with E-state index in [1.165, 1.54) is 0 Å². The molecular weight excluding hydrogens is 318 g/mol. The van der Waals surface area contributed by atoms with Gasteiger partial charge in [-0.15, -0.1) is 0 Å². The standard InChI is InChI=1S/C17H24ClNO4/c1-17(2,3)23-16(21)19-9-15(10-20)22-11-14(19)8-12-4-6-13(18)7-5-12/h4-7,14-15,20H,8-11H2,1-3H3. The van der Waals surface area contributed by atoms with E-state index in [2.05, 4.69) is 0 Å². The van der Waals surface area contributed by atoms with Crippen LogP contribution in [0.4, 0.5) is 4.79 Å². The number of aliphatic hydroxyl groups excluding tert-OH is 1. The first kappa shape index (κ1) is 18.0. The Morgan fingerprint density at radius 2 is 2.04 bits per heavy atom. The number of amides is 1. The van der Waals surface area contributed by atoms with E-state index in [4.69, 9.17) is 21.1 Å². The van der Waals surface area contributed by atoms with Gasteiger partial charge in [-0.3, -0.25) is 4.90 Å². The third kappa shape index (κ3) is 5.37. The Morgan fingerprint density at radius 1 is 1.39 bits per heavy atom. The van der Waals surface area contributed by atoms with Gasteiger partial charge in [0.25, 0.3) is 0 Å². The lowest BCUT2D eigenvalue weighted by Crippen LogP contribution is -2.55. The number of nitrogens with zero attached hydrogens (tertiary/aromatic N) is 1. The van der Waals surface area contributed by atoms with Gasteiger partial charge in [-0.1, -0.05) is 23.7 Å². The molecular formula is C17H24ClNO4. The van der Waals surface area contributed by atoms with Crippen molar-refractivity contribution in [3.63, 3.8) is 0 Å². The largest absolute Gasteiger partial charge is 0.444 e. The zero-order valence-corrected chi connectivity index (χ0v) is 14.5. The third-order valence-electron chi connectivity index (χ3n) is 3.58. The molecule has 0 aliphatic carbocycles. The highest BCUT2D eigenvalue weighted by Gasteiger charge is 2.34. The van der Waals surface area contributed by atoms with Crippen LogP contribution in [0.2, 0.25) is 5.02 Å². The van der Waals surface area contributed by atoms with Crippen molar-refractivity contribution in [2.45, 2.75) is 44.9 Å².